The van der Waals surface area contributed by atoms with Gasteiger partial charge in [-0.25, -0.2) is 9.97 Å². The highest BCUT2D eigenvalue weighted by Gasteiger charge is 2.32. The highest BCUT2D eigenvalue weighted by atomic mass is 79.9. The fourth-order valence-corrected chi connectivity index (χ4v) is 2.40. The third kappa shape index (κ3) is 3.89. The second kappa shape index (κ2) is 7.80. The Bertz CT molecular complexity index is 394. The predicted molar refractivity (Wildman–Crippen MR) is 82.4 cm³/mol. The number of hydrogen-bond donors (Lipinski definition) is 1. The molecule has 0 radical (unpaired) electrons. The Kier molecular flexibility index (Phi) is 6.72. The molecule has 5 heteroatoms. The van der Waals surface area contributed by atoms with Gasteiger partial charge in [0.25, 0.3) is 0 Å². The molecule has 1 aromatic heterocycles. The zero-order chi connectivity index (χ0) is 14.3. The lowest BCUT2D eigenvalue weighted by Crippen LogP contribution is -2.31. The summed E-state index contributed by atoms with van der Waals surface area (Å²) < 4.78 is 6.84. The number of rotatable bonds is 8. The predicted octanol–water partition coefficient (Wildman–Crippen LogP) is 4.11. The van der Waals surface area contributed by atoms with Gasteiger partial charge in [0.15, 0.2) is 5.82 Å². The maximum atomic E-state index is 5.95. The Balaban J connectivity index is 3.10. The van der Waals surface area contributed by atoms with Crippen molar-refractivity contribution in [1.29, 1.82) is 0 Å². The molecule has 0 spiro atoms. The van der Waals surface area contributed by atoms with E-state index in [0.717, 1.165) is 41.9 Å². The molecule has 0 aliphatic carbocycles. The molecule has 0 aromatic carbocycles. The molecule has 4 nitrogen and oxygen atoms in total. The van der Waals surface area contributed by atoms with Gasteiger partial charge in [0.2, 0.25) is 0 Å². The second-order valence-corrected chi connectivity index (χ2v) is 5.31. The quantitative estimate of drug-likeness (QED) is 0.779. The standard InChI is InChI=1S/C14H24BrN3O/c1-5-9-16-12-11(15)10-17-13(18-12)14(6-2,7-3)19-8-4/h10H,5-9H2,1-4H3,(H,16,17,18). The van der Waals surface area contributed by atoms with E-state index in [-0.39, 0.29) is 5.60 Å². The van der Waals surface area contributed by atoms with Crippen LogP contribution in [0, 0.1) is 0 Å². The van der Waals surface area contributed by atoms with Gasteiger partial charge < -0.3 is 10.1 Å². The average molecular weight is 330 g/mol. The molecule has 0 saturated carbocycles. The van der Waals surface area contributed by atoms with Crippen molar-refractivity contribution in [3.05, 3.63) is 16.5 Å². The summed E-state index contributed by atoms with van der Waals surface area (Å²) in [6.07, 6.45) is 4.60. The minimum atomic E-state index is -0.377. The van der Waals surface area contributed by atoms with Crippen molar-refractivity contribution in [2.24, 2.45) is 0 Å². The zero-order valence-electron chi connectivity index (χ0n) is 12.3. The van der Waals surface area contributed by atoms with Gasteiger partial charge in [0.05, 0.1) is 4.47 Å². The van der Waals surface area contributed by atoms with Crippen LogP contribution in [0.1, 0.15) is 52.8 Å². The SMILES string of the molecule is CCCNc1nc(C(CC)(CC)OCC)ncc1Br. The smallest absolute Gasteiger partial charge is 0.162 e. The average Bonchev–Trinajstić information content (AvgIpc) is 2.44. The molecular weight excluding hydrogens is 306 g/mol. The highest BCUT2D eigenvalue weighted by molar-refractivity contribution is 9.10. The Morgan fingerprint density at radius 2 is 1.95 bits per heavy atom. The van der Waals surface area contributed by atoms with Crippen LogP contribution < -0.4 is 5.32 Å². The van der Waals surface area contributed by atoms with Crippen LogP contribution in [-0.4, -0.2) is 23.1 Å². The van der Waals surface area contributed by atoms with Gasteiger partial charge in [-0.15, -0.1) is 0 Å². The first-order valence-electron chi connectivity index (χ1n) is 7.04. The van der Waals surface area contributed by atoms with Crippen LogP contribution in [0.25, 0.3) is 0 Å². The van der Waals surface area contributed by atoms with Crippen molar-refractivity contribution in [2.45, 2.75) is 52.6 Å². The summed E-state index contributed by atoms with van der Waals surface area (Å²) in [6.45, 7) is 9.93. The maximum absolute atomic E-state index is 5.95. The first kappa shape index (κ1) is 16.4. The van der Waals surface area contributed by atoms with Gasteiger partial charge in [-0.3, -0.25) is 0 Å². The summed E-state index contributed by atoms with van der Waals surface area (Å²) in [5.74, 6) is 1.61. The van der Waals surface area contributed by atoms with E-state index >= 15 is 0 Å². The first-order chi connectivity index (χ1) is 9.13. The summed E-state index contributed by atoms with van der Waals surface area (Å²) >= 11 is 3.48. The third-order valence-electron chi connectivity index (χ3n) is 3.26. The summed E-state index contributed by atoms with van der Waals surface area (Å²) in [6, 6.07) is 0. The minimum Gasteiger partial charge on any atom is -0.369 e. The molecule has 108 valence electrons. The molecule has 1 N–H and O–H groups in total. The highest BCUT2D eigenvalue weighted by Crippen LogP contribution is 2.32. The number of anilines is 1. The van der Waals surface area contributed by atoms with E-state index < -0.39 is 0 Å². The van der Waals surface area contributed by atoms with Crippen LogP contribution in [0.4, 0.5) is 5.82 Å². The van der Waals surface area contributed by atoms with Gasteiger partial charge in [0, 0.05) is 19.3 Å². The fourth-order valence-electron chi connectivity index (χ4n) is 2.07. The zero-order valence-corrected chi connectivity index (χ0v) is 13.9. The van der Waals surface area contributed by atoms with Crippen LogP contribution >= 0.6 is 15.9 Å². The molecule has 0 bridgehead atoms. The van der Waals surface area contributed by atoms with Crippen molar-refractivity contribution < 1.29 is 4.74 Å². The van der Waals surface area contributed by atoms with E-state index in [0.29, 0.717) is 6.61 Å². The summed E-state index contributed by atoms with van der Waals surface area (Å²) in [7, 11) is 0. The van der Waals surface area contributed by atoms with Gasteiger partial charge in [-0.2, -0.15) is 0 Å². The topological polar surface area (TPSA) is 47.0 Å². The Labute approximate surface area is 124 Å². The largest absolute Gasteiger partial charge is 0.369 e. The summed E-state index contributed by atoms with van der Waals surface area (Å²) in [4.78, 5) is 9.11. The lowest BCUT2D eigenvalue weighted by atomic mass is 9.96. The molecule has 0 amide bonds. The molecule has 0 aliphatic rings. The third-order valence-corrected chi connectivity index (χ3v) is 3.84. The normalized spacial score (nSPS) is 11.6. The van der Waals surface area contributed by atoms with Crippen LogP contribution in [0.2, 0.25) is 0 Å². The molecule has 1 heterocycles. The van der Waals surface area contributed by atoms with Crippen molar-refractivity contribution in [1.82, 2.24) is 9.97 Å². The number of aromatic nitrogens is 2. The van der Waals surface area contributed by atoms with E-state index in [4.69, 9.17) is 4.74 Å². The van der Waals surface area contributed by atoms with Crippen molar-refractivity contribution in [2.75, 3.05) is 18.5 Å². The lowest BCUT2D eigenvalue weighted by Gasteiger charge is -2.30. The second-order valence-electron chi connectivity index (χ2n) is 4.45. The van der Waals surface area contributed by atoms with E-state index in [9.17, 15) is 0 Å². The van der Waals surface area contributed by atoms with E-state index in [2.05, 4.69) is 52.0 Å². The van der Waals surface area contributed by atoms with Gasteiger partial charge in [0.1, 0.15) is 11.4 Å². The molecule has 0 atom stereocenters. The van der Waals surface area contributed by atoms with E-state index in [1.165, 1.54) is 0 Å². The van der Waals surface area contributed by atoms with Gasteiger partial charge in [-0.05, 0) is 42.1 Å². The molecule has 0 unspecified atom stereocenters. The van der Waals surface area contributed by atoms with Crippen LogP contribution in [0.15, 0.2) is 10.7 Å². The Morgan fingerprint density at radius 3 is 2.47 bits per heavy atom. The fraction of sp³-hybridized carbons (Fsp3) is 0.714. The number of halogens is 1. The van der Waals surface area contributed by atoms with Crippen LogP contribution in [0.3, 0.4) is 0 Å². The molecule has 1 aromatic rings. The molecule has 1 rings (SSSR count). The summed E-state index contributed by atoms with van der Waals surface area (Å²) in [5.41, 5.74) is -0.377. The number of ether oxygens (including phenoxy) is 1. The van der Waals surface area contributed by atoms with Crippen molar-refractivity contribution in [3.8, 4) is 0 Å². The molecule has 19 heavy (non-hydrogen) atoms. The molecule has 0 aliphatic heterocycles. The van der Waals surface area contributed by atoms with E-state index in [1.54, 1.807) is 6.20 Å². The monoisotopic (exact) mass is 329 g/mol. The Morgan fingerprint density at radius 1 is 1.26 bits per heavy atom. The van der Waals surface area contributed by atoms with Gasteiger partial charge in [-0.1, -0.05) is 20.8 Å². The number of hydrogen-bond acceptors (Lipinski definition) is 4. The van der Waals surface area contributed by atoms with Crippen LogP contribution in [0.5, 0.6) is 0 Å². The van der Waals surface area contributed by atoms with Crippen LogP contribution in [-0.2, 0) is 10.3 Å². The Hall–Kier alpha value is -0.680. The molecule has 0 saturated heterocycles. The molecular formula is C14H24BrN3O. The van der Waals surface area contributed by atoms with Crippen molar-refractivity contribution >= 4 is 21.7 Å². The molecule has 0 fully saturated rings. The maximum Gasteiger partial charge on any atom is 0.162 e. The van der Waals surface area contributed by atoms with E-state index in [1.807, 2.05) is 6.92 Å². The van der Waals surface area contributed by atoms with Crippen molar-refractivity contribution in [3.63, 3.8) is 0 Å². The lowest BCUT2D eigenvalue weighted by molar-refractivity contribution is -0.0570. The van der Waals surface area contributed by atoms with Gasteiger partial charge >= 0.3 is 0 Å². The number of nitrogens with zero attached hydrogens (tertiary/aromatic N) is 2. The number of nitrogens with one attached hydrogen (secondary N) is 1. The first-order valence-corrected chi connectivity index (χ1v) is 7.83. The summed E-state index contributed by atoms with van der Waals surface area (Å²) in [5, 5.41) is 3.31. The minimum absolute atomic E-state index is 0.377.